The van der Waals surface area contributed by atoms with Gasteiger partial charge in [-0.2, -0.15) is 0 Å². The minimum absolute atomic E-state index is 0.0832. The molecular weight excluding hydrogens is 354 g/mol. The minimum Gasteiger partial charge on any atom is -0.378 e. The van der Waals surface area contributed by atoms with Gasteiger partial charge in [-0.1, -0.05) is 25.6 Å². The normalized spacial score (nSPS) is 23.9. The lowest BCUT2D eigenvalue weighted by Crippen LogP contribution is -2.37. The molecule has 0 radical (unpaired) electrons. The first kappa shape index (κ1) is 17.5. The lowest BCUT2D eigenvalue weighted by Gasteiger charge is -2.34. The largest absolute Gasteiger partial charge is 0.378 e. The van der Waals surface area contributed by atoms with E-state index < -0.39 is 0 Å². The standard InChI is InChI=1S/C18H25N3O2S2/c1-4-18(3)10-12-13(11-23-18)25-16-14(12)15(19-17(20-16)24-5-2)21-6-8-22-9-7-21/h4-11H2,1-3H3. The number of ether oxygens (including phenoxy) is 2. The number of aromatic nitrogens is 2. The van der Waals surface area contributed by atoms with Gasteiger partial charge < -0.3 is 14.4 Å². The smallest absolute Gasteiger partial charge is 0.190 e. The molecule has 2 aliphatic rings. The van der Waals surface area contributed by atoms with Crippen molar-refractivity contribution in [2.45, 2.75) is 51.0 Å². The zero-order chi connectivity index (χ0) is 17.4. The van der Waals surface area contributed by atoms with Crippen LogP contribution in [0.1, 0.15) is 37.6 Å². The summed E-state index contributed by atoms with van der Waals surface area (Å²) < 4.78 is 11.7. The fraction of sp³-hybridized carbons (Fsp3) is 0.667. The van der Waals surface area contributed by atoms with E-state index in [9.17, 15) is 0 Å². The van der Waals surface area contributed by atoms with Crippen molar-refractivity contribution in [2.75, 3.05) is 37.0 Å². The Labute approximate surface area is 157 Å². The highest BCUT2D eigenvalue weighted by atomic mass is 32.2. The second-order valence-electron chi connectivity index (χ2n) is 6.82. The molecule has 7 heteroatoms. The van der Waals surface area contributed by atoms with Crippen LogP contribution >= 0.6 is 23.1 Å². The molecule has 0 aromatic carbocycles. The summed E-state index contributed by atoms with van der Waals surface area (Å²) in [5.41, 5.74) is 1.32. The number of hydrogen-bond acceptors (Lipinski definition) is 7. The molecule has 0 N–H and O–H groups in total. The van der Waals surface area contributed by atoms with Gasteiger partial charge in [-0.05, 0) is 24.7 Å². The van der Waals surface area contributed by atoms with Crippen LogP contribution in [0.15, 0.2) is 5.16 Å². The zero-order valence-electron chi connectivity index (χ0n) is 15.1. The van der Waals surface area contributed by atoms with Gasteiger partial charge in [-0.15, -0.1) is 11.3 Å². The minimum atomic E-state index is -0.0832. The van der Waals surface area contributed by atoms with Crippen molar-refractivity contribution in [3.63, 3.8) is 0 Å². The molecule has 0 amide bonds. The predicted molar refractivity (Wildman–Crippen MR) is 104 cm³/mol. The lowest BCUT2D eigenvalue weighted by molar-refractivity contribution is -0.0543. The van der Waals surface area contributed by atoms with Crippen molar-refractivity contribution in [3.8, 4) is 0 Å². The topological polar surface area (TPSA) is 47.5 Å². The van der Waals surface area contributed by atoms with Crippen molar-refractivity contribution in [1.29, 1.82) is 0 Å². The third-order valence-electron chi connectivity index (χ3n) is 5.13. The maximum atomic E-state index is 6.16. The van der Waals surface area contributed by atoms with Crippen LogP contribution in [0.2, 0.25) is 0 Å². The molecule has 0 spiro atoms. The third kappa shape index (κ3) is 3.27. The molecule has 1 fully saturated rings. The summed E-state index contributed by atoms with van der Waals surface area (Å²) in [7, 11) is 0. The van der Waals surface area contributed by atoms with E-state index in [4.69, 9.17) is 19.4 Å². The summed E-state index contributed by atoms with van der Waals surface area (Å²) in [5.74, 6) is 2.08. The molecule has 0 aliphatic carbocycles. The van der Waals surface area contributed by atoms with Crippen molar-refractivity contribution >= 4 is 39.1 Å². The molecule has 5 nitrogen and oxygen atoms in total. The van der Waals surface area contributed by atoms with E-state index in [0.717, 1.165) is 60.7 Å². The Morgan fingerprint density at radius 2 is 2.04 bits per heavy atom. The second kappa shape index (κ2) is 7.02. The van der Waals surface area contributed by atoms with Crippen LogP contribution in [0.4, 0.5) is 5.82 Å². The third-order valence-corrected chi connectivity index (χ3v) is 6.96. The van der Waals surface area contributed by atoms with E-state index in [1.807, 2.05) is 0 Å². The van der Waals surface area contributed by atoms with E-state index in [-0.39, 0.29) is 5.60 Å². The van der Waals surface area contributed by atoms with Crippen LogP contribution in [0.25, 0.3) is 10.2 Å². The number of fused-ring (bicyclic) bond motifs is 3. The molecule has 0 saturated carbocycles. The van der Waals surface area contributed by atoms with Crippen LogP contribution < -0.4 is 4.90 Å². The molecule has 2 aliphatic heterocycles. The fourth-order valence-electron chi connectivity index (χ4n) is 3.46. The van der Waals surface area contributed by atoms with Gasteiger partial charge in [0, 0.05) is 24.4 Å². The van der Waals surface area contributed by atoms with Gasteiger partial charge in [0.15, 0.2) is 5.16 Å². The summed E-state index contributed by atoms with van der Waals surface area (Å²) >= 11 is 3.50. The maximum Gasteiger partial charge on any atom is 0.190 e. The first-order valence-electron chi connectivity index (χ1n) is 9.05. The van der Waals surface area contributed by atoms with Crippen LogP contribution in [0, 0.1) is 0 Å². The number of thiophene rings is 1. The molecule has 4 rings (SSSR count). The number of thioether (sulfide) groups is 1. The quantitative estimate of drug-likeness (QED) is 0.593. The van der Waals surface area contributed by atoms with Crippen LogP contribution in [0.3, 0.4) is 0 Å². The summed E-state index contributed by atoms with van der Waals surface area (Å²) in [4.78, 5) is 14.6. The molecule has 1 saturated heterocycles. The predicted octanol–water partition coefficient (Wildman–Crippen LogP) is 3.88. The van der Waals surface area contributed by atoms with E-state index in [2.05, 4.69) is 25.7 Å². The second-order valence-corrected chi connectivity index (χ2v) is 9.13. The van der Waals surface area contributed by atoms with Gasteiger partial charge in [0.2, 0.25) is 0 Å². The highest BCUT2D eigenvalue weighted by Gasteiger charge is 2.34. The van der Waals surface area contributed by atoms with E-state index in [0.29, 0.717) is 6.61 Å². The lowest BCUT2D eigenvalue weighted by atomic mass is 9.90. The van der Waals surface area contributed by atoms with Gasteiger partial charge in [-0.25, -0.2) is 9.97 Å². The monoisotopic (exact) mass is 379 g/mol. The Bertz CT molecular complexity index is 773. The Hall–Kier alpha value is -0.890. The van der Waals surface area contributed by atoms with Crippen LogP contribution in [-0.2, 0) is 22.5 Å². The Morgan fingerprint density at radius 1 is 1.24 bits per heavy atom. The molecule has 2 aromatic heterocycles. The van der Waals surface area contributed by atoms with Crippen molar-refractivity contribution in [1.82, 2.24) is 9.97 Å². The summed E-state index contributed by atoms with van der Waals surface area (Å²) in [6, 6.07) is 0. The summed E-state index contributed by atoms with van der Waals surface area (Å²) in [6.07, 6.45) is 1.96. The first-order chi connectivity index (χ1) is 12.1. The van der Waals surface area contributed by atoms with Gasteiger partial charge in [0.1, 0.15) is 10.6 Å². The van der Waals surface area contributed by atoms with Gasteiger partial charge in [0.05, 0.1) is 30.8 Å². The Kier molecular flexibility index (Phi) is 4.92. The van der Waals surface area contributed by atoms with E-state index in [1.165, 1.54) is 15.8 Å². The first-order valence-corrected chi connectivity index (χ1v) is 10.9. The fourth-order valence-corrected chi connectivity index (χ4v) is 5.18. The average molecular weight is 380 g/mol. The average Bonchev–Trinajstić information content (AvgIpc) is 2.99. The Morgan fingerprint density at radius 3 is 2.76 bits per heavy atom. The van der Waals surface area contributed by atoms with Gasteiger partial charge in [-0.3, -0.25) is 0 Å². The van der Waals surface area contributed by atoms with Crippen LogP contribution in [0.5, 0.6) is 0 Å². The van der Waals surface area contributed by atoms with Crippen molar-refractivity contribution < 1.29 is 9.47 Å². The van der Waals surface area contributed by atoms with E-state index in [1.54, 1.807) is 23.1 Å². The van der Waals surface area contributed by atoms with Gasteiger partial charge in [0.25, 0.3) is 0 Å². The molecule has 25 heavy (non-hydrogen) atoms. The Balaban J connectivity index is 1.86. The molecule has 136 valence electrons. The van der Waals surface area contributed by atoms with Crippen LogP contribution in [-0.4, -0.2) is 47.6 Å². The highest BCUT2D eigenvalue weighted by Crippen LogP contribution is 2.43. The molecule has 4 heterocycles. The number of rotatable bonds is 4. The molecule has 0 bridgehead atoms. The van der Waals surface area contributed by atoms with E-state index >= 15 is 0 Å². The number of nitrogens with zero attached hydrogens (tertiary/aromatic N) is 3. The number of anilines is 1. The SMILES string of the molecule is CCSc1nc(N2CCOCC2)c2c3c(sc2n1)COC(C)(CC)C3. The summed E-state index contributed by atoms with van der Waals surface area (Å²) in [6.45, 7) is 10.6. The molecule has 2 aromatic rings. The van der Waals surface area contributed by atoms with Gasteiger partial charge >= 0.3 is 0 Å². The maximum absolute atomic E-state index is 6.16. The van der Waals surface area contributed by atoms with Crippen molar-refractivity contribution in [2.24, 2.45) is 0 Å². The highest BCUT2D eigenvalue weighted by molar-refractivity contribution is 7.99. The summed E-state index contributed by atoms with van der Waals surface area (Å²) in [5, 5.41) is 2.14. The number of hydrogen-bond donors (Lipinski definition) is 0. The van der Waals surface area contributed by atoms with Crippen molar-refractivity contribution in [3.05, 3.63) is 10.4 Å². The molecular formula is C18H25N3O2S2. The number of morpholine rings is 1. The molecule has 1 atom stereocenters. The zero-order valence-corrected chi connectivity index (χ0v) is 16.8. The molecule has 1 unspecified atom stereocenters.